The average Bonchev–Trinajstić information content (AvgIpc) is 3.11. The Bertz CT molecular complexity index is 643. The molecule has 122 valence electrons. The van der Waals surface area contributed by atoms with Crippen molar-refractivity contribution < 1.29 is 17.9 Å². The van der Waals surface area contributed by atoms with Crippen LogP contribution in [0.15, 0.2) is 24.3 Å². The molecule has 1 aliphatic carbocycles. The van der Waals surface area contributed by atoms with Gasteiger partial charge in [0.05, 0.1) is 6.26 Å². The molecule has 6 nitrogen and oxygen atoms in total. The Balaban J connectivity index is 2.17. The lowest BCUT2D eigenvalue weighted by Crippen LogP contribution is -2.38. The molecule has 1 N–H and O–H groups in total. The van der Waals surface area contributed by atoms with E-state index in [1.54, 1.807) is 29.2 Å². The molecule has 1 amide bonds. The zero-order valence-corrected chi connectivity index (χ0v) is 14.1. The molecular weight excluding hydrogens is 304 g/mol. The van der Waals surface area contributed by atoms with Crippen LogP contribution in [-0.2, 0) is 14.8 Å². The summed E-state index contributed by atoms with van der Waals surface area (Å²) in [6, 6.07) is 6.86. The number of carbonyl (C=O) groups is 1. The first kappa shape index (κ1) is 16.6. The third-order valence-electron chi connectivity index (χ3n) is 2.95. The van der Waals surface area contributed by atoms with E-state index in [1.807, 2.05) is 20.8 Å². The van der Waals surface area contributed by atoms with Gasteiger partial charge in [-0.3, -0.25) is 9.62 Å². The number of rotatable bonds is 4. The maximum Gasteiger partial charge on any atom is 0.415 e. The van der Waals surface area contributed by atoms with Gasteiger partial charge in [0.2, 0.25) is 10.0 Å². The third-order valence-corrected chi connectivity index (χ3v) is 3.56. The molecule has 0 saturated heterocycles. The normalized spacial score (nSPS) is 15.3. The second-order valence-electron chi connectivity index (χ2n) is 6.50. The van der Waals surface area contributed by atoms with Gasteiger partial charge in [-0.05, 0) is 57.9 Å². The summed E-state index contributed by atoms with van der Waals surface area (Å²) >= 11 is 0. The molecule has 0 aromatic heterocycles. The smallest absolute Gasteiger partial charge is 0.415 e. The fraction of sp³-hybridized carbons (Fsp3) is 0.533. The number of nitrogens with zero attached hydrogens (tertiary/aromatic N) is 1. The minimum Gasteiger partial charge on any atom is -0.443 e. The molecule has 22 heavy (non-hydrogen) atoms. The van der Waals surface area contributed by atoms with Crippen molar-refractivity contribution in [2.45, 2.75) is 45.3 Å². The molecule has 1 aromatic rings. The van der Waals surface area contributed by atoms with E-state index in [9.17, 15) is 13.2 Å². The Labute approximate surface area is 131 Å². The van der Waals surface area contributed by atoms with Gasteiger partial charge in [0.1, 0.15) is 5.60 Å². The SMILES string of the molecule is CC(C)(C)OC(=O)N(c1ccc(NS(C)(=O)=O)cc1)C1CC1. The highest BCUT2D eigenvalue weighted by Crippen LogP contribution is 2.33. The minimum absolute atomic E-state index is 0.156. The summed E-state index contributed by atoms with van der Waals surface area (Å²) < 4.78 is 30.3. The summed E-state index contributed by atoms with van der Waals surface area (Å²) in [5.41, 5.74) is 0.615. The number of nitrogens with one attached hydrogen (secondary N) is 1. The van der Waals surface area contributed by atoms with Gasteiger partial charge in [-0.1, -0.05) is 0 Å². The van der Waals surface area contributed by atoms with Crippen molar-refractivity contribution in [2.24, 2.45) is 0 Å². The van der Waals surface area contributed by atoms with E-state index in [2.05, 4.69) is 4.72 Å². The van der Waals surface area contributed by atoms with E-state index in [1.165, 1.54) is 0 Å². The molecule has 0 bridgehead atoms. The fourth-order valence-electron chi connectivity index (χ4n) is 2.01. The second kappa shape index (κ2) is 5.79. The van der Waals surface area contributed by atoms with Crippen molar-refractivity contribution in [3.8, 4) is 0 Å². The maximum absolute atomic E-state index is 12.3. The molecule has 0 atom stereocenters. The molecule has 0 aliphatic heterocycles. The number of carbonyl (C=O) groups excluding carboxylic acids is 1. The Kier molecular flexibility index (Phi) is 4.37. The average molecular weight is 326 g/mol. The number of ether oxygens (including phenoxy) is 1. The number of anilines is 2. The van der Waals surface area contributed by atoms with Gasteiger partial charge < -0.3 is 4.74 Å². The van der Waals surface area contributed by atoms with Gasteiger partial charge in [0, 0.05) is 17.4 Å². The highest BCUT2D eigenvalue weighted by molar-refractivity contribution is 7.92. The number of amides is 1. The number of sulfonamides is 1. The van der Waals surface area contributed by atoms with E-state index in [0.29, 0.717) is 11.4 Å². The summed E-state index contributed by atoms with van der Waals surface area (Å²) in [6.07, 6.45) is 2.61. The van der Waals surface area contributed by atoms with Crippen LogP contribution in [0.3, 0.4) is 0 Å². The first-order chi connectivity index (χ1) is 10.1. The largest absolute Gasteiger partial charge is 0.443 e. The maximum atomic E-state index is 12.3. The van der Waals surface area contributed by atoms with Crippen LogP contribution in [0.2, 0.25) is 0 Å². The molecule has 1 aliphatic rings. The quantitative estimate of drug-likeness (QED) is 0.923. The molecule has 0 heterocycles. The first-order valence-corrected chi connectivity index (χ1v) is 9.04. The molecule has 1 aromatic carbocycles. The number of hydrogen-bond acceptors (Lipinski definition) is 4. The van der Waals surface area contributed by atoms with E-state index in [-0.39, 0.29) is 12.1 Å². The third kappa shape index (κ3) is 4.91. The van der Waals surface area contributed by atoms with E-state index < -0.39 is 15.6 Å². The topological polar surface area (TPSA) is 75.7 Å². The van der Waals surface area contributed by atoms with Gasteiger partial charge in [0.25, 0.3) is 0 Å². The highest BCUT2D eigenvalue weighted by atomic mass is 32.2. The van der Waals surface area contributed by atoms with Crippen LogP contribution < -0.4 is 9.62 Å². The lowest BCUT2D eigenvalue weighted by Gasteiger charge is -2.27. The summed E-state index contributed by atoms with van der Waals surface area (Å²) in [6.45, 7) is 5.49. The molecule has 0 spiro atoms. The summed E-state index contributed by atoms with van der Waals surface area (Å²) in [5.74, 6) is 0. The van der Waals surface area contributed by atoms with Crippen LogP contribution in [0.5, 0.6) is 0 Å². The first-order valence-electron chi connectivity index (χ1n) is 7.15. The van der Waals surface area contributed by atoms with Crippen LogP contribution in [-0.4, -0.2) is 32.4 Å². The van der Waals surface area contributed by atoms with Crippen molar-refractivity contribution in [3.05, 3.63) is 24.3 Å². The zero-order chi connectivity index (χ0) is 16.5. The lowest BCUT2D eigenvalue weighted by atomic mass is 10.2. The van der Waals surface area contributed by atoms with E-state index in [4.69, 9.17) is 4.74 Å². The second-order valence-corrected chi connectivity index (χ2v) is 8.25. The van der Waals surface area contributed by atoms with Gasteiger partial charge in [-0.15, -0.1) is 0 Å². The summed E-state index contributed by atoms with van der Waals surface area (Å²) in [4.78, 5) is 14.0. The van der Waals surface area contributed by atoms with E-state index in [0.717, 1.165) is 19.1 Å². The summed E-state index contributed by atoms with van der Waals surface area (Å²) in [7, 11) is -3.31. The molecule has 1 fully saturated rings. The molecule has 0 unspecified atom stereocenters. The highest BCUT2D eigenvalue weighted by Gasteiger charge is 2.36. The van der Waals surface area contributed by atoms with Crippen molar-refractivity contribution in [1.29, 1.82) is 0 Å². The van der Waals surface area contributed by atoms with Crippen LogP contribution in [0.4, 0.5) is 16.2 Å². The van der Waals surface area contributed by atoms with Crippen LogP contribution in [0, 0.1) is 0 Å². The predicted octanol–water partition coefficient (Wildman–Crippen LogP) is 2.96. The van der Waals surface area contributed by atoms with Crippen molar-refractivity contribution in [2.75, 3.05) is 15.9 Å². The van der Waals surface area contributed by atoms with Crippen LogP contribution >= 0.6 is 0 Å². The van der Waals surface area contributed by atoms with Gasteiger partial charge >= 0.3 is 6.09 Å². The number of benzene rings is 1. The lowest BCUT2D eigenvalue weighted by molar-refractivity contribution is 0.0578. The van der Waals surface area contributed by atoms with Gasteiger partial charge in [0.15, 0.2) is 0 Å². The fourth-order valence-corrected chi connectivity index (χ4v) is 2.58. The molecular formula is C15H22N2O4S. The molecule has 1 saturated carbocycles. The standard InChI is InChI=1S/C15H22N2O4S/c1-15(2,3)21-14(18)17(13-9-10-13)12-7-5-11(6-8-12)16-22(4,19)20/h5-8,13,16H,9-10H2,1-4H3. The minimum atomic E-state index is -3.31. The van der Waals surface area contributed by atoms with Gasteiger partial charge in [-0.2, -0.15) is 0 Å². The molecule has 2 rings (SSSR count). The molecule has 7 heteroatoms. The van der Waals surface area contributed by atoms with Crippen LogP contribution in [0.1, 0.15) is 33.6 Å². The Morgan fingerprint density at radius 2 is 1.77 bits per heavy atom. The van der Waals surface area contributed by atoms with Crippen LogP contribution in [0.25, 0.3) is 0 Å². The van der Waals surface area contributed by atoms with Crippen molar-refractivity contribution in [1.82, 2.24) is 0 Å². The Hall–Kier alpha value is -1.76. The zero-order valence-electron chi connectivity index (χ0n) is 13.3. The predicted molar refractivity (Wildman–Crippen MR) is 86.6 cm³/mol. The molecule has 0 radical (unpaired) electrons. The van der Waals surface area contributed by atoms with Crippen molar-refractivity contribution >= 4 is 27.5 Å². The van der Waals surface area contributed by atoms with Crippen molar-refractivity contribution in [3.63, 3.8) is 0 Å². The Morgan fingerprint density at radius 3 is 2.18 bits per heavy atom. The number of hydrogen-bond donors (Lipinski definition) is 1. The van der Waals surface area contributed by atoms with E-state index >= 15 is 0 Å². The van der Waals surface area contributed by atoms with Gasteiger partial charge in [-0.25, -0.2) is 13.2 Å². The summed E-state index contributed by atoms with van der Waals surface area (Å²) in [5, 5.41) is 0. The monoisotopic (exact) mass is 326 g/mol. The Morgan fingerprint density at radius 1 is 1.23 bits per heavy atom.